The van der Waals surface area contributed by atoms with Gasteiger partial charge in [-0.05, 0) is 50.0 Å². The normalized spacial score (nSPS) is 18.2. The van der Waals surface area contributed by atoms with Crippen LogP contribution in [0.5, 0.6) is 0 Å². The molecule has 2 atom stereocenters. The van der Waals surface area contributed by atoms with Gasteiger partial charge in [-0.1, -0.05) is 50.2 Å². The lowest BCUT2D eigenvalue weighted by Gasteiger charge is -2.47. The smallest absolute Gasteiger partial charge is 0.354 e. The van der Waals surface area contributed by atoms with Crippen molar-refractivity contribution in [3.8, 4) is 16.8 Å². The average Bonchev–Trinajstić information content (AvgIpc) is 3.00. The van der Waals surface area contributed by atoms with Crippen molar-refractivity contribution >= 4 is 39.9 Å². The summed E-state index contributed by atoms with van der Waals surface area (Å²) >= 11 is 7.11. The monoisotopic (exact) mass is 632 g/mol. The van der Waals surface area contributed by atoms with E-state index in [9.17, 15) is 9.59 Å². The lowest BCUT2D eigenvalue weighted by molar-refractivity contribution is -0.128. The van der Waals surface area contributed by atoms with Crippen LogP contribution >= 0.6 is 11.6 Å². The van der Waals surface area contributed by atoms with Gasteiger partial charge in [-0.2, -0.15) is 4.98 Å². The third kappa shape index (κ3) is 4.86. The molecule has 0 saturated carbocycles. The maximum Gasteiger partial charge on any atom is 0.354 e. The topological polar surface area (TPSA) is 74.6 Å². The summed E-state index contributed by atoms with van der Waals surface area (Å²) in [5.74, 6) is -1.47. The molecule has 1 amide bonds. The first-order valence-corrected chi connectivity index (χ1v) is 15.4. The Labute approximate surface area is 265 Å². The molecule has 2 aliphatic heterocycles. The number of amides is 1. The number of benzene rings is 2. The van der Waals surface area contributed by atoms with E-state index in [1.165, 1.54) is 28.8 Å². The third-order valence-electron chi connectivity index (χ3n) is 8.99. The van der Waals surface area contributed by atoms with E-state index in [0.717, 1.165) is 0 Å². The zero-order valence-electron chi connectivity index (χ0n) is 25.9. The number of hydrogen-bond acceptors (Lipinski definition) is 6. The molecule has 6 rings (SSSR count). The Bertz CT molecular complexity index is 1930. The average molecular weight is 633 g/mol. The highest BCUT2D eigenvalue weighted by molar-refractivity contribution is 6.38. The van der Waals surface area contributed by atoms with Gasteiger partial charge in [0.25, 0.3) is 0 Å². The standard InChI is InChI=1S/C34H35ClF2N6O2/c1-7-24(44)41-17-21-13-15-40(6)31-26-32(28(37)25(27(31)35)22-10-8-9-11-23(22)36)43(30-19(4)12-14-38-29(30)18(2)3)34(45)39-33(26)42(21)16-20(41)5/h7-12,14,18,20-21H,1,13,15-17H2,2-6H3. The number of anilines is 2. The second-order valence-corrected chi connectivity index (χ2v) is 12.6. The van der Waals surface area contributed by atoms with Crippen LogP contribution in [0.3, 0.4) is 0 Å². The Morgan fingerprint density at radius 3 is 2.58 bits per heavy atom. The maximum atomic E-state index is 17.4. The summed E-state index contributed by atoms with van der Waals surface area (Å²) in [7, 11) is 1.84. The van der Waals surface area contributed by atoms with Gasteiger partial charge in [-0.3, -0.25) is 14.3 Å². The quantitative estimate of drug-likeness (QED) is 0.248. The van der Waals surface area contributed by atoms with Gasteiger partial charge in [0.2, 0.25) is 5.91 Å². The molecule has 1 saturated heterocycles. The lowest BCUT2D eigenvalue weighted by atomic mass is 9.96. The third-order valence-corrected chi connectivity index (χ3v) is 9.35. The van der Waals surface area contributed by atoms with Crippen LogP contribution in [0.25, 0.3) is 27.7 Å². The summed E-state index contributed by atoms with van der Waals surface area (Å²) < 4.78 is 34.1. The molecule has 8 nitrogen and oxygen atoms in total. The van der Waals surface area contributed by atoms with Crippen LogP contribution in [0.1, 0.15) is 44.4 Å². The summed E-state index contributed by atoms with van der Waals surface area (Å²) in [5, 5.41) is 0.373. The summed E-state index contributed by atoms with van der Waals surface area (Å²) in [6.07, 6.45) is 3.56. The number of carbonyl (C=O) groups is 1. The Balaban J connectivity index is 1.79. The van der Waals surface area contributed by atoms with Crippen LogP contribution in [0.15, 0.2) is 54.0 Å². The highest BCUT2D eigenvalue weighted by Gasteiger charge is 2.39. The van der Waals surface area contributed by atoms with E-state index in [-0.39, 0.29) is 51.4 Å². The molecule has 2 aromatic heterocycles. The fourth-order valence-electron chi connectivity index (χ4n) is 6.76. The summed E-state index contributed by atoms with van der Waals surface area (Å²) in [6, 6.07) is 7.19. The number of pyridine rings is 1. The highest BCUT2D eigenvalue weighted by Crippen LogP contribution is 2.48. The zero-order chi connectivity index (χ0) is 32.3. The van der Waals surface area contributed by atoms with Gasteiger partial charge < -0.3 is 14.7 Å². The molecular formula is C34H35ClF2N6O2. The Morgan fingerprint density at radius 1 is 1.16 bits per heavy atom. The van der Waals surface area contributed by atoms with Crippen LogP contribution in [-0.2, 0) is 4.79 Å². The van der Waals surface area contributed by atoms with Crippen molar-refractivity contribution in [3.05, 3.63) is 87.6 Å². The highest BCUT2D eigenvalue weighted by atomic mass is 35.5. The van der Waals surface area contributed by atoms with Crippen LogP contribution in [-0.4, -0.2) is 64.1 Å². The van der Waals surface area contributed by atoms with Crippen molar-refractivity contribution in [1.29, 1.82) is 0 Å². The van der Waals surface area contributed by atoms with E-state index < -0.39 is 17.3 Å². The molecule has 0 radical (unpaired) electrons. The van der Waals surface area contributed by atoms with Crippen molar-refractivity contribution in [2.45, 2.75) is 52.1 Å². The fraction of sp³-hybridized carbons (Fsp3) is 0.353. The molecular weight excluding hydrogens is 598 g/mol. The molecule has 2 aliphatic rings. The molecule has 0 aliphatic carbocycles. The molecule has 0 bridgehead atoms. The molecule has 1 fully saturated rings. The van der Waals surface area contributed by atoms with Gasteiger partial charge >= 0.3 is 5.69 Å². The van der Waals surface area contributed by atoms with Gasteiger partial charge in [0, 0.05) is 56.1 Å². The SMILES string of the molecule is C=CC(=O)N1CC2CCN(C)c3c(Cl)c(-c4ccccc4F)c(F)c4c3c(nc(=O)n4-c3c(C)ccnc3C(C)C)N2CC1C. The second kappa shape index (κ2) is 11.6. The Hall–Kier alpha value is -4.31. The minimum Gasteiger partial charge on any atom is -0.373 e. The summed E-state index contributed by atoms with van der Waals surface area (Å²) in [5.41, 5.74) is 1.30. The second-order valence-electron chi connectivity index (χ2n) is 12.2. The van der Waals surface area contributed by atoms with Crippen LogP contribution in [0.4, 0.5) is 20.3 Å². The van der Waals surface area contributed by atoms with Gasteiger partial charge in [0.05, 0.1) is 27.5 Å². The Morgan fingerprint density at radius 2 is 1.89 bits per heavy atom. The number of rotatable bonds is 4. The minimum atomic E-state index is -0.832. The van der Waals surface area contributed by atoms with Gasteiger partial charge in [0.1, 0.15) is 17.2 Å². The Kier molecular flexibility index (Phi) is 7.89. The van der Waals surface area contributed by atoms with Gasteiger partial charge in [-0.15, -0.1) is 0 Å². The number of carbonyl (C=O) groups excluding carboxylic acids is 1. The first kappa shape index (κ1) is 30.7. The molecule has 2 aromatic carbocycles. The van der Waals surface area contributed by atoms with E-state index in [0.29, 0.717) is 54.1 Å². The maximum absolute atomic E-state index is 17.4. The van der Waals surface area contributed by atoms with Crippen molar-refractivity contribution in [3.63, 3.8) is 0 Å². The molecule has 4 heterocycles. The molecule has 234 valence electrons. The molecule has 4 aromatic rings. The van der Waals surface area contributed by atoms with Crippen molar-refractivity contribution in [2.75, 3.05) is 36.5 Å². The molecule has 2 unspecified atom stereocenters. The number of piperazine rings is 1. The van der Waals surface area contributed by atoms with E-state index >= 15 is 8.78 Å². The zero-order valence-corrected chi connectivity index (χ0v) is 26.7. The number of nitrogens with zero attached hydrogens (tertiary/aromatic N) is 6. The fourth-order valence-corrected chi connectivity index (χ4v) is 7.18. The van der Waals surface area contributed by atoms with Crippen molar-refractivity contribution in [1.82, 2.24) is 19.4 Å². The van der Waals surface area contributed by atoms with E-state index in [2.05, 4.69) is 16.5 Å². The summed E-state index contributed by atoms with van der Waals surface area (Å²) in [6.45, 7) is 12.5. The van der Waals surface area contributed by atoms with Gasteiger partial charge in [-0.25, -0.2) is 13.6 Å². The van der Waals surface area contributed by atoms with E-state index in [4.69, 9.17) is 11.6 Å². The van der Waals surface area contributed by atoms with Crippen LogP contribution in [0, 0.1) is 18.6 Å². The number of fused-ring (bicyclic) bond motifs is 2. The molecule has 0 spiro atoms. The van der Waals surface area contributed by atoms with Gasteiger partial charge in [0.15, 0.2) is 5.82 Å². The number of aryl methyl sites for hydroxylation is 1. The first-order valence-electron chi connectivity index (χ1n) is 15.0. The minimum absolute atomic E-state index is 0.0130. The predicted octanol–water partition coefficient (Wildman–Crippen LogP) is 6.24. The molecule has 0 N–H and O–H groups in total. The number of aromatic nitrogens is 3. The van der Waals surface area contributed by atoms with E-state index in [1.54, 1.807) is 23.2 Å². The lowest BCUT2D eigenvalue weighted by Crippen LogP contribution is -2.60. The number of halogens is 3. The van der Waals surface area contributed by atoms with Crippen LogP contribution in [0.2, 0.25) is 5.02 Å². The summed E-state index contributed by atoms with van der Waals surface area (Å²) in [4.78, 5) is 41.9. The molecule has 45 heavy (non-hydrogen) atoms. The van der Waals surface area contributed by atoms with Crippen molar-refractivity contribution in [2.24, 2.45) is 0 Å². The molecule has 11 heteroatoms. The predicted molar refractivity (Wildman–Crippen MR) is 175 cm³/mol. The van der Waals surface area contributed by atoms with E-state index in [1.807, 2.05) is 44.5 Å². The number of hydrogen-bond donors (Lipinski definition) is 0. The van der Waals surface area contributed by atoms with Crippen molar-refractivity contribution < 1.29 is 13.6 Å². The largest absolute Gasteiger partial charge is 0.373 e. The van der Waals surface area contributed by atoms with Crippen LogP contribution < -0.4 is 15.5 Å². The first-order chi connectivity index (χ1) is 21.5.